The monoisotopic (exact) mass is 458 g/mol. The average Bonchev–Trinajstić information content (AvgIpc) is 2.68. The molecule has 3 nitrogen and oxygen atoms in total. The van der Waals surface area contributed by atoms with Crippen molar-refractivity contribution < 1.29 is 14.7 Å². The van der Waals surface area contributed by atoms with Gasteiger partial charge in [0.15, 0.2) is 0 Å². The maximum Gasteiger partial charge on any atom is 0.309 e. The van der Waals surface area contributed by atoms with Crippen LogP contribution in [0.15, 0.2) is 60.7 Å². The molecule has 0 spiro atoms. The van der Waals surface area contributed by atoms with Gasteiger partial charge < -0.3 is 5.11 Å². The van der Waals surface area contributed by atoms with E-state index in [0.29, 0.717) is 31.1 Å². The second-order valence-electron chi connectivity index (χ2n) is 10.2. The van der Waals surface area contributed by atoms with Crippen LogP contribution in [0.2, 0.25) is 0 Å². The molecule has 0 radical (unpaired) electrons. The zero-order valence-electron chi connectivity index (χ0n) is 20.4. The Morgan fingerprint density at radius 2 is 1.09 bits per heavy atom. The van der Waals surface area contributed by atoms with Gasteiger partial charge in [-0.05, 0) is 67.2 Å². The summed E-state index contributed by atoms with van der Waals surface area (Å²) >= 11 is 5.74. The highest BCUT2D eigenvalue weighted by Crippen LogP contribution is 2.33. The van der Waals surface area contributed by atoms with Gasteiger partial charge in [0.2, 0.25) is 5.24 Å². The SMILES string of the molecule is CC(C)CC(C)(Cc1ccccc1)C(=O)Cl.CC(C)CC(C)(Cc1ccccc1)C(=O)O. The number of carbonyl (C=O) groups excluding carboxylic acids is 1. The van der Waals surface area contributed by atoms with Gasteiger partial charge in [0, 0.05) is 5.41 Å². The van der Waals surface area contributed by atoms with E-state index >= 15 is 0 Å². The van der Waals surface area contributed by atoms with Crippen LogP contribution in [0.3, 0.4) is 0 Å². The number of carboxylic acids is 1. The summed E-state index contributed by atoms with van der Waals surface area (Å²) in [4.78, 5) is 22.9. The van der Waals surface area contributed by atoms with Crippen molar-refractivity contribution in [3.05, 3.63) is 71.8 Å². The number of hydrogen-bond donors (Lipinski definition) is 1. The molecule has 4 heteroatoms. The second kappa shape index (κ2) is 12.8. The Kier molecular flexibility index (Phi) is 11.2. The molecule has 0 saturated carbocycles. The van der Waals surface area contributed by atoms with Gasteiger partial charge in [0.1, 0.15) is 0 Å². The number of carboxylic acid groups (broad SMARTS) is 1. The number of aliphatic carboxylic acids is 1. The van der Waals surface area contributed by atoms with E-state index in [2.05, 4.69) is 27.7 Å². The topological polar surface area (TPSA) is 54.4 Å². The summed E-state index contributed by atoms with van der Waals surface area (Å²) in [6.45, 7) is 12.1. The largest absolute Gasteiger partial charge is 0.481 e. The fourth-order valence-electron chi connectivity index (χ4n) is 4.35. The van der Waals surface area contributed by atoms with Crippen molar-refractivity contribution in [3.63, 3.8) is 0 Å². The molecule has 2 rings (SSSR count). The molecule has 0 aliphatic rings. The van der Waals surface area contributed by atoms with E-state index in [-0.39, 0.29) is 5.24 Å². The Bertz CT molecular complexity index is 761. The minimum Gasteiger partial charge on any atom is -0.481 e. The molecule has 2 aromatic rings. The second-order valence-corrected chi connectivity index (χ2v) is 10.6. The third-order valence-electron chi connectivity index (χ3n) is 5.58. The molecule has 0 aliphatic carbocycles. The Morgan fingerprint density at radius 1 is 0.750 bits per heavy atom. The van der Waals surface area contributed by atoms with Crippen LogP contribution in [0, 0.1) is 22.7 Å². The number of carbonyl (C=O) groups is 2. The first-order valence-corrected chi connectivity index (χ1v) is 11.8. The van der Waals surface area contributed by atoms with Gasteiger partial charge in [-0.1, -0.05) is 95.3 Å². The van der Waals surface area contributed by atoms with Gasteiger partial charge in [-0.15, -0.1) is 0 Å². The van der Waals surface area contributed by atoms with Crippen molar-refractivity contribution in [1.29, 1.82) is 0 Å². The minimum absolute atomic E-state index is 0.231. The maximum absolute atomic E-state index is 11.6. The molecule has 2 unspecified atom stereocenters. The lowest BCUT2D eigenvalue weighted by Crippen LogP contribution is -2.31. The highest BCUT2D eigenvalue weighted by molar-refractivity contribution is 6.64. The molecule has 0 bridgehead atoms. The molecule has 2 aromatic carbocycles. The lowest BCUT2D eigenvalue weighted by Gasteiger charge is -2.27. The molecular weight excluding hydrogens is 420 g/mol. The smallest absolute Gasteiger partial charge is 0.309 e. The molecule has 0 fully saturated rings. The number of hydrogen-bond acceptors (Lipinski definition) is 2. The summed E-state index contributed by atoms with van der Waals surface area (Å²) in [7, 11) is 0. The van der Waals surface area contributed by atoms with Gasteiger partial charge in [-0.3, -0.25) is 9.59 Å². The normalized spacial score (nSPS) is 14.8. The quantitative estimate of drug-likeness (QED) is 0.377. The zero-order chi connectivity index (χ0) is 24.4. The number of benzene rings is 2. The van der Waals surface area contributed by atoms with Crippen LogP contribution in [0.1, 0.15) is 65.5 Å². The van der Waals surface area contributed by atoms with E-state index in [4.69, 9.17) is 11.6 Å². The van der Waals surface area contributed by atoms with E-state index in [1.807, 2.05) is 74.5 Å². The fourth-order valence-corrected chi connectivity index (χ4v) is 4.50. The molecule has 1 N–H and O–H groups in total. The third kappa shape index (κ3) is 9.56. The summed E-state index contributed by atoms with van der Waals surface area (Å²) in [6, 6.07) is 19.9. The number of rotatable bonds is 10. The summed E-state index contributed by atoms with van der Waals surface area (Å²) in [5.74, 6) is 0.159. The Labute approximate surface area is 199 Å². The van der Waals surface area contributed by atoms with Gasteiger partial charge in [0.05, 0.1) is 5.41 Å². The van der Waals surface area contributed by atoms with E-state index in [1.54, 1.807) is 0 Å². The molecule has 176 valence electrons. The summed E-state index contributed by atoms with van der Waals surface area (Å²) < 4.78 is 0. The lowest BCUT2D eigenvalue weighted by molar-refractivity contribution is -0.148. The van der Waals surface area contributed by atoms with Crippen molar-refractivity contribution in [2.24, 2.45) is 22.7 Å². The molecule has 0 heterocycles. The third-order valence-corrected chi connectivity index (χ3v) is 6.04. The van der Waals surface area contributed by atoms with Crippen LogP contribution in [-0.2, 0) is 22.4 Å². The summed E-state index contributed by atoms with van der Waals surface area (Å²) in [5.41, 5.74) is 1.15. The predicted molar refractivity (Wildman–Crippen MR) is 134 cm³/mol. The van der Waals surface area contributed by atoms with Crippen molar-refractivity contribution in [2.45, 2.75) is 67.2 Å². The molecule has 0 amide bonds. The van der Waals surface area contributed by atoms with Crippen LogP contribution < -0.4 is 0 Å². The standard InChI is InChI=1S/C14H19ClO.C14H20O2/c2*1-11(2)9-14(3,13(15)16)10-12-7-5-4-6-8-12/h4-8,11H,9-10H2,1-3H3;4-8,11H,9-10H2,1-3H3,(H,15,16). The van der Waals surface area contributed by atoms with Crippen molar-refractivity contribution >= 4 is 22.8 Å². The highest BCUT2D eigenvalue weighted by atomic mass is 35.5. The summed E-state index contributed by atoms with van der Waals surface area (Å²) in [6.07, 6.45) is 2.84. The maximum atomic E-state index is 11.6. The first-order valence-electron chi connectivity index (χ1n) is 11.4. The number of halogens is 1. The molecule has 0 saturated heterocycles. The van der Waals surface area contributed by atoms with Crippen LogP contribution in [0.5, 0.6) is 0 Å². The van der Waals surface area contributed by atoms with Crippen molar-refractivity contribution in [3.8, 4) is 0 Å². The van der Waals surface area contributed by atoms with Crippen molar-refractivity contribution in [1.82, 2.24) is 0 Å². The van der Waals surface area contributed by atoms with Crippen LogP contribution in [0.25, 0.3) is 0 Å². The van der Waals surface area contributed by atoms with Gasteiger partial charge >= 0.3 is 5.97 Å². The summed E-state index contributed by atoms with van der Waals surface area (Å²) in [5, 5.41) is 9.11. The zero-order valence-corrected chi connectivity index (χ0v) is 21.2. The minimum atomic E-state index is -0.704. The predicted octanol–water partition coefficient (Wildman–Crippen LogP) is 7.41. The molecular formula is C28H39ClO3. The van der Waals surface area contributed by atoms with Crippen molar-refractivity contribution in [2.75, 3.05) is 0 Å². The van der Waals surface area contributed by atoms with Crippen LogP contribution in [0.4, 0.5) is 0 Å². The Morgan fingerprint density at radius 3 is 1.41 bits per heavy atom. The van der Waals surface area contributed by atoms with Gasteiger partial charge in [-0.2, -0.15) is 0 Å². The molecule has 0 aliphatic heterocycles. The molecule has 0 aromatic heterocycles. The Balaban J connectivity index is 0.000000320. The Hall–Kier alpha value is -2.13. The van der Waals surface area contributed by atoms with E-state index in [1.165, 1.54) is 5.56 Å². The average molecular weight is 459 g/mol. The highest BCUT2D eigenvalue weighted by Gasteiger charge is 2.34. The van der Waals surface area contributed by atoms with Crippen LogP contribution >= 0.6 is 11.6 Å². The van der Waals surface area contributed by atoms with E-state index < -0.39 is 16.8 Å². The fraction of sp³-hybridized carbons (Fsp3) is 0.500. The van der Waals surface area contributed by atoms with Crippen LogP contribution in [-0.4, -0.2) is 16.3 Å². The van der Waals surface area contributed by atoms with E-state index in [0.717, 1.165) is 12.0 Å². The lowest BCUT2D eigenvalue weighted by atomic mass is 9.77. The molecule has 32 heavy (non-hydrogen) atoms. The van der Waals surface area contributed by atoms with Gasteiger partial charge in [0.25, 0.3) is 0 Å². The molecule has 2 atom stereocenters. The first-order chi connectivity index (χ1) is 14.9. The first kappa shape index (κ1) is 27.9. The van der Waals surface area contributed by atoms with E-state index in [9.17, 15) is 14.7 Å². The van der Waals surface area contributed by atoms with Gasteiger partial charge in [-0.25, -0.2) is 0 Å².